The number of aromatic hydroxyl groups is 1. The summed E-state index contributed by atoms with van der Waals surface area (Å²) in [6, 6.07) is 4.88. The molecule has 1 aliphatic heterocycles. The summed E-state index contributed by atoms with van der Waals surface area (Å²) in [5, 5.41) is 14.0. The van der Waals surface area contributed by atoms with Crippen molar-refractivity contribution in [3.63, 3.8) is 0 Å². The van der Waals surface area contributed by atoms with Crippen LogP contribution >= 0.6 is 0 Å². The number of rotatable bonds is 3. The van der Waals surface area contributed by atoms with Crippen LogP contribution in [0.4, 0.5) is 0 Å². The predicted octanol–water partition coefficient (Wildman–Crippen LogP) is 3.32. The van der Waals surface area contributed by atoms with E-state index < -0.39 is 0 Å². The van der Waals surface area contributed by atoms with Gasteiger partial charge in [-0.15, -0.1) is 0 Å². The van der Waals surface area contributed by atoms with Gasteiger partial charge in [-0.05, 0) is 62.9 Å². The van der Waals surface area contributed by atoms with E-state index in [1.54, 1.807) is 0 Å². The molecule has 0 bridgehead atoms. The van der Waals surface area contributed by atoms with Crippen LogP contribution in [0.3, 0.4) is 0 Å². The monoisotopic (exact) mass is 288 g/mol. The Morgan fingerprint density at radius 2 is 2.10 bits per heavy atom. The number of phenols is 1. The van der Waals surface area contributed by atoms with Crippen LogP contribution in [-0.4, -0.2) is 36.2 Å². The minimum atomic E-state index is 0.360. The Balaban J connectivity index is 1.80. The van der Waals surface area contributed by atoms with Gasteiger partial charge < -0.3 is 10.4 Å². The molecule has 2 aliphatic rings. The van der Waals surface area contributed by atoms with Gasteiger partial charge in [0, 0.05) is 24.2 Å². The molecule has 116 valence electrons. The Bertz CT molecular complexity index is 508. The molecule has 3 nitrogen and oxygen atoms in total. The summed E-state index contributed by atoms with van der Waals surface area (Å²) in [4.78, 5) is 2.45. The standard InChI is InChI=1S/C18H28N2O/c1-12-7-8-16(21)18-15(10-13(2)17(12)18)20(3)11-14-6-4-5-9-19-14/h7-8,13-15,19,21H,4-6,9-11H2,1-3H3. The number of hydrogen-bond donors (Lipinski definition) is 2. The van der Waals surface area contributed by atoms with Crippen molar-refractivity contribution in [3.8, 4) is 5.75 Å². The van der Waals surface area contributed by atoms with E-state index in [1.807, 2.05) is 6.07 Å². The molecule has 0 radical (unpaired) electrons. The van der Waals surface area contributed by atoms with Crippen LogP contribution in [0.5, 0.6) is 5.75 Å². The van der Waals surface area contributed by atoms with Crippen LogP contribution < -0.4 is 5.32 Å². The second-order valence-electron chi connectivity index (χ2n) is 6.97. The molecule has 1 fully saturated rings. The van der Waals surface area contributed by atoms with Crippen LogP contribution in [0.2, 0.25) is 0 Å². The molecule has 21 heavy (non-hydrogen) atoms. The van der Waals surface area contributed by atoms with Gasteiger partial charge in [-0.25, -0.2) is 0 Å². The summed E-state index contributed by atoms with van der Waals surface area (Å²) >= 11 is 0. The Morgan fingerprint density at radius 1 is 1.29 bits per heavy atom. The lowest BCUT2D eigenvalue weighted by Gasteiger charge is -2.32. The maximum Gasteiger partial charge on any atom is 0.120 e. The number of likely N-dealkylation sites (N-methyl/N-ethyl adjacent to an activating group) is 1. The van der Waals surface area contributed by atoms with Gasteiger partial charge in [-0.3, -0.25) is 4.90 Å². The smallest absolute Gasteiger partial charge is 0.120 e. The summed E-state index contributed by atoms with van der Waals surface area (Å²) in [7, 11) is 2.21. The molecule has 0 amide bonds. The molecular weight excluding hydrogens is 260 g/mol. The van der Waals surface area contributed by atoms with Gasteiger partial charge in [-0.1, -0.05) is 19.4 Å². The second-order valence-corrected chi connectivity index (χ2v) is 6.97. The molecule has 0 saturated carbocycles. The third-order valence-electron chi connectivity index (χ3n) is 5.34. The minimum Gasteiger partial charge on any atom is -0.508 e. The fourth-order valence-corrected chi connectivity index (χ4v) is 4.26. The Kier molecular flexibility index (Phi) is 4.23. The average molecular weight is 288 g/mol. The Morgan fingerprint density at radius 3 is 2.81 bits per heavy atom. The largest absolute Gasteiger partial charge is 0.508 e. The number of aryl methyl sites for hydroxylation is 1. The highest BCUT2D eigenvalue weighted by molar-refractivity contribution is 5.50. The van der Waals surface area contributed by atoms with Gasteiger partial charge in [0.1, 0.15) is 5.75 Å². The molecule has 1 saturated heterocycles. The van der Waals surface area contributed by atoms with E-state index in [0.717, 1.165) is 19.5 Å². The SMILES string of the molecule is Cc1ccc(O)c2c1C(C)CC2N(C)CC1CCCCN1. The number of piperidine rings is 1. The first-order valence-electron chi connectivity index (χ1n) is 8.34. The van der Waals surface area contributed by atoms with Gasteiger partial charge >= 0.3 is 0 Å². The lowest BCUT2D eigenvalue weighted by molar-refractivity contribution is 0.197. The first-order valence-corrected chi connectivity index (χ1v) is 8.34. The molecule has 1 heterocycles. The number of hydrogen-bond acceptors (Lipinski definition) is 3. The molecule has 3 heteroatoms. The van der Waals surface area contributed by atoms with Gasteiger partial charge in [0.05, 0.1) is 0 Å². The van der Waals surface area contributed by atoms with E-state index in [1.165, 1.54) is 36.0 Å². The summed E-state index contributed by atoms with van der Waals surface area (Å²) in [5.74, 6) is 1.02. The fraction of sp³-hybridized carbons (Fsp3) is 0.667. The predicted molar refractivity (Wildman–Crippen MR) is 86.9 cm³/mol. The number of phenolic OH excluding ortho intramolecular Hbond substituents is 1. The van der Waals surface area contributed by atoms with Crippen molar-refractivity contribution in [2.45, 2.75) is 57.5 Å². The Labute approximate surface area is 128 Å². The highest BCUT2D eigenvalue weighted by Crippen LogP contribution is 2.48. The number of fused-ring (bicyclic) bond motifs is 1. The minimum absolute atomic E-state index is 0.360. The lowest BCUT2D eigenvalue weighted by Crippen LogP contribution is -2.43. The lowest BCUT2D eigenvalue weighted by atomic mass is 9.97. The molecule has 3 unspecified atom stereocenters. The topological polar surface area (TPSA) is 35.5 Å². The maximum absolute atomic E-state index is 10.4. The molecule has 3 rings (SSSR count). The first-order chi connectivity index (χ1) is 10.1. The van der Waals surface area contributed by atoms with Gasteiger partial charge in [-0.2, -0.15) is 0 Å². The molecule has 2 N–H and O–H groups in total. The molecule has 0 spiro atoms. The van der Waals surface area contributed by atoms with E-state index in [-0.39, 0.29) is 0 Å². The van der Waals surface area contributed by atoms with Crippen molar-refractivity contribution in [3.05, 3.63) is 28.8 Å². The zero-order valence-corrected chi connectivity index (χ0v) is 13.5. The summed E-state index contributed by atoms with van der Waals surface area (Å²) in [5.41, 5.74) is 3.88. The van der Waals surface area contributed by atoms with Crippen LogP contribution in [0, 0.1) is 6.92 Å². The third kappa shape index (κ3) is 2.82. The van der Waals surface area contributed by atoms with E-state index in [0.29, 0.717) is 23.8 Å². The van der Waals surface area contributed by atoms with Gasteiger partial charge in [0.2, 0.25) is 0 Å². The van der Waals surface area contributed by atoms with Crippen molar-refractivity contribution < 1.29 is 5.11 Å². The maximum atomic E-state index is 10.4. The van der Waals surface area contributed by atoms with Crippen LogP contribution in [0.25, 0.3) is 0 Å². The van der Waals surface area contributed by atoms with Crippen LogP contribution in [0.15, 0.2) is 12.1 Å². The van der Waals surface area contributed by atoms with Crippen LogP contribution in [0.1, 0.15) is 61.3 Å². The number of nitrogens with zero attached hydrogens (tertiary/aromatic N) is 1. The van der Waals surface area contributed by atoms with E-state index >= 15 is 0 Å². The van der Waals surface area contributed by atoms with Crippen molar-refractivity contribution in [1.29, 1.82) is 0 Å². The van der Waals surface area contributed by atoms with Crippen molar-refractivity contribution >= 4 is 0 Å². The average Bonchev–Trinajstić information content (AvgIpc) is 2.83. The normalized spacial score (nSPS) is 28.9. The van der Waals surface area contributed by atoms with E-state index in [4.69, 9.17) is 0 Å². The first kappa shape index (κ1) is 14.9. The summed E-state index contributed by atoms with van der Waals surface area (Å²) < 4.78 is 0. The third-order valence-corrected chi connectivity index (χ3v) is 5.34. The highest BCUT2D eigenvalue weighted by Gasteiger charge is 2.35. The molecule has 3 atom stereocenters. The van der Waals surface area contributed by atoms with E-state index in [9.17, 15) is 5.11 Å². The quantitative estimate of drug-likeness (QED) is 0.895. The molecule has 1 aromatic carbocycles. The molecular formula is C18H28N2O. The molecule has 1 aliphatic carbocycles. The number of benzene rings is 1. The highest BCUT2D eigenvalue weighted by atomic mass is 16.3. The zero-order chi connectivity index (χ0) is 15.0. The van der Waals surface area contributed by atoms with Gasteiger partial charge in [0.15, 0.2) is 0 Å². The zero-order valence-electron chi connectivity index (χ0n) is 13.5. The summed E-state index contributed by atoms with van der Waals surface area (Å²) in [6.45, 7) is 6.68. The summed E-state index contributed by atoms with van der Waals surface area (Å²) in [6.07, 6.45) is 5.05. The van der Waals surface area contributed by atoms with Crippen molar-refractivity contribution in [2.75, 3.05) is 20.1 Å². The van der Waals surface area contributed by atoms with E-state index in [2.05, 4.69) is 37.2 Å². The van der Waals surface area contributed by atoms with Crippen LogP contribution in [-0.2, 0) is 0 Å². The Hall–Kier alpha value is -1.06. The van der Waals surface area contributed by atoms with Gasteiger partial charge in [0.25, 0.3) is 0 Å². The second kappa shape index (κ2) is 5.98. The fourth-order valence-electron chi connectivity index (χ4n) is 4.26. The molecule has 1 aromatic rings. The molecule has 0 aromatic heterocycles. The van der Waals surface area contributed by atoms with Crippen molar-refractivity contribution in [2.24, 2.45) is 0 Å². The van der Waals surface area contributed by atoms with Crippen molar-refractivity contribution in [1.82, 2.24) is 10.2 Å². The number of nitrogens with one attached hydrogen (secondary N) is 1.